The maximum atomic E-state index is 11.2. The lowest BCUT2D eigenvalue weighted by molar-refractivity contribution is 0.261. The SMILES string of the molecule is O=S1(=O)C=CC(N2CCCNCC2)C1. The standard InChI is InChI=1S/C9H16N2O2S/c12-14(13)7-2-9(8-14)11-5-1-3-10-4-6-11/h2,7,9-10H,1,3-6,8H2. The van der Waals surface area contributed by atoms with E-state index in [1.165, 1.54) is 5.41 Å². The summed E-state index contributed by atoms with van der Waals surface area (Å²) < 4.78 is 22.5. The van der Waals surface area contributed by atoms with Crippen molar-refractivity contribution >= 4 is 9.84 Å². The Balaban J connectivity index is 1.99. The van der Waals surface area contributed by atoms with Gasteiger partial charge in [-0.3, -0.25) is 4.90 Å². The Morgan fingerprint density at radius 3 is 2.86 bits per heavy atom. The van der Waals surface area contributed by atoms with E-state index in [0.717, 1.165) is 32.6 Å². The molecular weight excluding hydrogens is 200 g/mol. The summed E-state index contributed by atoms with van der Waals surface area (Å²) in [5.41, 5.74) is 0. The van der Waals surface area contributed by atoms with Gasteiger partial charge < -0.3 is 5.32 Å². The van der Waals surface area contributed by atoms with Gasteiger partial charge in [0.2, 0.25) is 0 Å². The first-order valence-electron chi connectivity index (χ1n) is 5.03. The Hall–Kier alpha value is -0.390. The van der Waals surface area contributed by atoms with Crippen molar-refractivity contribution in [2.75, 3.05) is 31.9 Å². The van der Waals surface area contributed by atoms with Crippen molar-refractivity contribution < 1.29 is 8.42 Å². The van der Waals surface area contributed by atoms with Crippen LogP contribution in [0.25, 0.3) is 0 Å². The molecule has 2 rings (SSSR count). The molecule has 0 aliphatic carbocycles. The molecule has 14 heavy (non-hydrogen) atoms. The zero-order chi connectivity index (χ0) is 10.0. The molecule has 1 fully saturated rings. The molecule has 0 amide bonds. The first-order chi connectivity index (χ1) is 6.67. The summed E-state index contributed by atoms with van der Waals surface area (Å²) in [6.07, 6.45) is 2.92. The molecule has 1 atom stereocenters. The van der Waals surface area contributed by atoms with Crippen molar-refractivity contribution in [3.63, 3.8) is 0 Å². The van der Waals surface area contributed by atoms with Gasteiger partial charge in [0, 0.05) is 31.1 Å². The highest BCUT2D eigenvalue weighted by atomic mass is 32.2. The average Bonchev–Trinajstić information content (AvgIpc) is 2.42. The van der Waals surface area contributed by atoms with Gasteiger partial charge in [-0.05, 0) is 13.0 Å². The van der Waals surface area contributed by atoms with Crippen LogP contribution < -0.4 is 5.32 Å². The van der Waals surface area contributed by atoms with E-state index < -0.39 is 9.84 Å². The number of hydrogen-bond donors (Lipinski definition) is 1. The van der Waals surface area contributed by atoms with Crippen LogP contribution in [0.1, 0.15) is 6.42 Å². The first-order valence-corrected chi connectivity index (χ1v) is 6.75. The number of hydrogen-bond acceptors (Lipinski definition) is 4. The van der Waals surface area contributed by atoms with E-state index in [1.807, 2.05) is 6.08 Å². The van der Waals surface area contributed by atoms with Gasteiger partial charge in [0.1, 0.15) is 0 Å². The topological polar surface area (TPSA) is 49.4 Å². The molecule has 0 aromatic heterocycles. The van der Waals surface area contributed by atoms with Crippen molar-refractivity contribution in [1.82, 2.24) is 10.2 Å². The molecule has 1 saturated heterocycles. The summed E-state index contributed by atoms with van der Waals surface area (Å²) >= 11 is 0. The molecule has 2 aliphatic rings. The smallest absolute Gasteiger partial charge is 0.173 e. The van der Waals surface area contributed by atoms with Crippen LogP contribution in [-0.4, -0.2) is 51.3 Å². The lowest BCUT2D eigenvalue weighted by Gasteiger charge is -2.24. The van der Waals surface area contributed by atoms with Crippen LogP contribution in [-0.2, 0) is 9.84 Å². The van der Waals surface area contributed by atoms with E-state index in [4.69, 9.17) is 0 Å². The molecule has 1 N–H and O–H groups in total. The molecule has 0 spiro atoms. The van der Waals surface area contributed by atoms with Gasteiger partial charge in [-0.15, -0.1) is 0 Å². The Bertz CT molecular complexity index is 316. The van der Waals surface area contributed by atoms with Crippen LogP contribution in [0.15, 0.2) is 11.5 Å². The Labute approximate surface area is 84.9 Å². The van der Waals surface area contributed by atoms with Gasteiger partial charge in [0.25, 0.3) is 0 Å². The van der Waals surface area contributed by atoms with E-state index >= 15 is 0 Å². The number of nitrogens with zero attached hydrogens (tertiary/aromatic N) is 1. The van der Waals surface area contributed by atoms with Crippen LogP contribution in [0.4, 0.5) is 0 Å². The zero-order valence-electron chi connectivity index (χ0n) is 8.15. The monoisotopic (exact) mass is 216 g/mol. The quantitative estimate of drug-likeness (QED) is 0.647. The van der Waals surface area contributed by atoms with Gasteiger partial charge in [0.05, 0.1) is 5.75 Å². The fourth-order valence-corrected chi connectivity index (χ4v) is 3.31. The molecule has 1 unspecified atom stereocenters. The third-order valence-electron chi connectivity index (χ3n) is 2.75. The van der Waals surface area contributed by atoms with E-state index in [0.29, 0.717) is 0 Å². The van der Waals surface area contributed by atoms with Gasteiger partial charge >= 0.3 is 0 Å². The second kappa shape index (κ2) is 4.00. The molecule has 80 valence electrons. The normalized spacial score (nSPS) is 33.0. The molecule has 4 nitrogen and oxygen atoms in total. The third-order valence-corrected chi connectivity index (χ3v) is 4.13. The summed E-state index contributed by atoms with van der Waals surface area (Å²) in [6, 6.07) is 0.111. The summed E-state index contributed by atoms with van der Waals surface area (Å²) in [5, 5.41) is 4.66. The van der Waals surface area contributed by atoms with E-state index in [-0.39, 0.29) is 11.8 Å². The Morgan fingerprint density at radius 1 is 1.29 bits per heavy atom. The minimum Gasteiger partial charge on any atom is -0.315 e. The van der Waals surface area contributed by atoms with Crippen molar-refractivity contribution in [1.29, 1.82) is 0 Å². The Kier molecular flexibility index (Phi) is 2.90. The summed E-state index contributed by atoms with van der Waals surface area (Å²) in [7, 11) is -2.90. The summed E-state index contributed by atoms with van der Waals surface area (Å²) in [5.74, 6) is 0.271. The van der Waals surface area contributed by atoms with E-state index in [2.05, 4.69) is 10.2 Å². The van der Waals surface area contributed by atoms with Crippen molar-refractivity contribution in [3.8, 4) is 0 Å². The number of sulfone groups is 1. The van der Waals surface area contributed by atoms with Crippen molar-refractivity contribution in [3.05, 3.63) is 11.5 Å². The first kappa shape index (κ1) is 10.1. The maximum absolute atomic E-state index is 11.2. The van der Waals surface area contributed by atoms with Crippen LogP contribution >= 0.6 is 0 Å². The fourth-order valence-electron chi connectivity index (χ4n) is 1.98. The molecule has 0 saturated carbocycles. The van der Waals surface area contributed by atoms with Gasteiger partial charge in [0.15, 0.2) is 9.84 Å². The second-order valence-corrected chi connectivity index (χ2v) is 5.80. The van der Waals surface area contributed by atoms with Crippen LogP contribution in [0.2, 0.25) is 0 Å². The highest BCUT2D eigenvalue weighted by Crippen LogP contribution is 2.15. The third kappa shape index (κ3) is 2.34. The largest absolute Gasteiger partial charge is 0.315 e. The number of nitrogens with one attached hydrogen (secondary N) is 1. The molecule has 2 heterocycles. The minimum atomic E-state index is -2.90. The van der Waals surface area contributed by atoms with Crippen molar-refractivity contribution in [2.45, 2.75) is 12.5 Å². The highest BCUT2D eigenvalue weighted by Gasteiger charge is 2.26. The molecule has 2 aliphatic heterocycles. The molecule has 0 bridgehead atoms. The van der Waals surface area contributed by atoms with E-state index in [9.17, 15) is 8.42 Å². The second-order valence-electron chi connectivity index (χ2n) is 3.86. The summed E-state index contributed by atoms with van der Waals surface area (Å²) in [4.78, 5) is 2.25. The molecule has 0 aromatic rings. The molecule has 5 heteroatoms. The fraction of sp³-hybridized carbons (Fsp3) is 0.778. The minimum absolute atomic E-state index is 0.111. The maximum Gasteiger partial charge on any atom is 0.173 e. The summed E-state index contributed by atoms with van der Waals surface area (Å²) in [6.45, 7) is 3.95. The lowest BCUT2D eigenvalue weighted by Crippen LogP contribution is -2.38. The highest BCUT2D eigenvalue weighted by molar-refractivity contribution is 7.94. The van der Waals surface area contributed by atoms with Gasteiger partial charge in [-0.2, -0.15) is 0 Å². The molecule has 0 aromatic carbocycles. The van der Waals surface area contributed by atoms with E-state index in [1.54, 1.807) is 0 Å². The predicted octanol–water partition coefficient (Wildman–Crippen LogP) is -0.408. The zero-order valence-corrected chi connectivity index (χ0v) is 8.96. The van der Waals surface area contributed by atoms with Crippen LogP contribution in [0.5, 0.6) is 0 Å². The predicted molar refractivity (Wildman–Crippen MR) is 55.8 cm³/mol. The number of rotatable bonds is 1. The van der Waals surface area contributed by atoms with Crippen molar-refractivity contribution in [2.24, 2.45) is 0 Å². The van der Waals surface area contributed by atoms with Gasteiger partial charge in [-0.25, -0.2) is 8.42 Å². The molecule has 0 radical (unpaired) electrons. The van der Waals surface area contributed by atoms with Crippen LogP contribution in [0, 0.1) is 0 Å². The molecular formula is C9H16N2O2S. The lowest BCUT2D eigenvalue weighted by atomic mass is 10.2. The average molecular weight is 216 g/mol. The van der Waals surface area contributed by atoms with Crippen LogP contribution in [0.3, 0.4) is 0 Å². The Morgan fingerprint density at radius 2 is 2.14 bits per heavy atom. The van der Waals surface area contributed by atoms with Gasteiger partial charge in [-0.1, -0.05) is 6.08 Å².